The lowest BCUT2D eigenvalue weighted by Gasteiger charge is -2.28. The Morgan fingerprint density at radius 1 is 0.966 bits per heavy atom. The maximum atomic E-state index is 12.4. The van der Waals surface area contributed by atoms with Crippen molar-refractivity contribution in [3.8, 4) is 0 Å². The van der Waals surface area contributed by atoms with E-state index in [0.717, 1.165) is 32.4 Å². The highest BCUT2D eigenvalue weighted by Crippen LogP contribution is 2.31. The van der Waals surface area contributed by atoms with Crippen molar-refractivity contribution >= 4 is 28.9 Å². The molecule has 0 amide bonds. The molecule has 2 aromatic carbocycles. The number of carbonyl (C=O) groups is 1. The van der Waals surface area contributed by atoms with Gasteiger partial charge in [-0.1, -0.05) is 24.3 Å². The van der Waals surface area contributed by atoms with Gasteiger partial charge in [0.05, 0.1) is 9.85 Å². The fourth-order valence-corrected chi connectivity index (χ4v) is 3.42. The van der Waals surface area contributed by atoms with Gasteiger partial charge in [-0.25, -0.2) is 0 Å². The SMILES string of the molecule is Cc1ccc(C(=O)/C=C/c2ccc(N3CCCCC3)c([N+](=O)[O-])c2)cc1[N+](=O)[O-]. The molecule has 8 heteroatoms. The van der Waals surface area contributed by atoms with Crippen LogP contribution in [0, 0.1) is 27.2 Å². The van der Waals surface area contributed by atoms with Gasteiger partial charge in [-0.05, 0) is 43.9 Å². The molecule has 0 aromatic heterocycles. The average molecular weight is 395 g/mol. The van der Waals surface area contributed by atoms with E-state index in [1.165, 1.54) is 36.4 Å². The Labute approximate surface area is 167 Å². The number of hydrogen-bond acceptors (Lipinski definition) is 6. The summed E-state index contributed by atoms with van der Waals surface area (Å²) in [7, 11) is 0. The van der Waals surface area contributed by atoms with Crippen LogP contribution in [-0.2, 0) is 0 Å². The Kier molecular flexibility index (Phi) is 6.01. The molecular formula is C21H21N3O5. The monoisotopic (exact) mass is 395 g/mol. The van der Waals surface area contributed by atoms with Crippen LogP contribution in [0.2, 0.25) is 0 Å². The molecule has 1 aliphatic heterocycles. The summed E-state index contributed by atoms with van der Waals surface area (Å²) in [5.74, 6) is -0.407. The van der Waals surface area contributed by atoms with Crippen molar-refractivity contribution in [1.82, 2.24) is 0 Å². The molecule has 0 radical (unpaired) electrons. The smallest absolute Gasteiger partial charge is 0.293 e. The molecule has 1 heterocycles. The Balaban J connectivity index is 1.84. The molecule has 0 atom stereocenters. The topological polar surface area (TPSA) is 107 Å². The van der Waals surface area contributed by atoms with Crippen molar-refractivity contribution in [1.29, 1.82) is 0 Å². The van der Waals surface area contributed by atoms with Crippen molar-refractivity contribution in [2.24, 2.45) is 0 Å². The summed E-state index contributed by atoms with van der Waals surface area (Å²) in [6.07, 6.45) is 5.91. The molecule has 2 aromatic rings. The minimum Gasteiger partial charge on any atom is -0.366 e. The number of nitro benzene ring substituents is 2. The number of allylic oxidation sites excluding steroid dienone is 1. The van der Waals surface area contributed by atoms with E-state index in [2.05, 4.69) is 0 Å². The zero-order valence-electron chi connectivity index (χ0n) is 16.0. The Hall–Kier alpha value is -3.55. The fraction of sp³-hybridized carbons (Fsp3) is 0.286. The van der Waals surface area contributed by atoms with E-state index in [1.54, 1.807) is 19.1 Å². The van der Waals surface area contributed by atoms with E-state index < -0.39 is 15.6 Å². The fourth-order valence-electron chi connectivity index (χ4n) is 3.42. The second-order valence-corrected chi connectivity index (χ2v) is 7.01. The van der Waals surface area contributed by atoms with Crippen LogP contribution in [0.25, 0.3) is 6.08 Å². The lowest BCUT2D eigenvalue weighted by atomic mass is 10.0. The summed E-state index contributed by atoms with van der Waals surface area (Å²) >= 11 is 0. The van der Waals surface area contributed by atoms with Crippen LogP contribution >= 0.6 is 0 Å². The third-order valence-corrected chi connectivity index (χ3v) is 5.01. The van der Waals surface area contributed by atoms with Gasteiger partial charge in [-0.2, -0.15) is 0 Å². The van der Waals surface area contributed by atoms with Gasteiger partial charge in [0.1, 0.15) is 5.69 Å². The molecule has 0 N–H and O–H groups in total. The Morgan fingerprint density at radius 2 is 1.66 bits per heavy atom. The van der Waals surface area contributed by atoms with E-state index in [1.807, 2.05) is 4.90 Å². The maximum absolute atomic E-state index is 12.4. The third kappa shape index (κ3) is 4.66. The lowest BCUT2D eigenvalue weighted by Crippen LogP contribution is -2.29. The summed E-state index contributed by atoms with van der Waals surface area (Å²) in [5, 5.41) is 22.6. The van der Waals surface area contributed by atoms with Gasteiger partial charge in [-0.3, -0.25) is 25.0 Å². The van der Waals surface area contributed by atoms with Crippen LogP contribution < -0.4 is 4.90 Å². The van der Waals surface area contributed by atoms with Gasteiger partial charge in [0.25, 0.3) is 11.4 Å². The summed E-state index contributed by atoms with van der Waals surface area (Å²) in [6, 6.07) is 9.19. The zero-order chi connectivity index (χ0) is 21.0. The summed E-state index contributed by atoms with van der Waals surface area (Å²) < 4.78 is 0. The molecule has 150 valence electrons. The number of piperidine rings is 1. The first kappa shape index (κ1) is 20.2. The Morgan fingerprint density at radius 3 is 2.31 bits per heavy atom. The quantitative estimate of drug-likeness (QED) is 0.304. The summed E-state index contributed by atoms with van der Waals surface area (Å²) in [4.78, 5) is 36.0. The van der Waals surface area contributed by atoms with Crippen molar-refractivity contribution in [2.45, 2.75) is 26.2 Å². The molecule has 0 bridgehead atoms. The van der Waals surface area contributed by atoms with Crippen LogP contribution in [-0.4, -0.2) is 28.7 Å². The molecule has 0 saturated carbocycles. The van der Waals surface area contributed by atoms with Gasteiger partial charge in [0.15, 0.2) is 5.78 Å². The molecule has 0 spiro atoms. The first-order valence-electron chi connectivity index (χ1n) is 9.37. The number of benzene rings is 2. The maximum Gasteiger partial charge on any atom is 0.293 e. The van der Waals surface area contributed by atoms with Gasteiger partial charge < -0.3 is 4.90 Å². The number of carbonyl (C=O) groups excluding carboxylic acids is 1. The van der Waals surface area contributed by atoms with Crippen LogP contribution in [0.4, 0.5) is 17.1 Å². The third-order valence-electron chi connectivity index (χ3n) is 5.01. The van der Waals surface area contributed by atoms with Gasteiger partial charge in [0.2, 0.25) is 0 Å². The Bertz CT molecular complexity index is 994. The predicted molar refractivity (Wildman–Crippen MR) is 110 cm³/mol. The number of nitrogens with zero attached hydrogens (tertiary/aromatic N) is 3. The van der Waals surface area contributed by atoms with Crippen molar-refractivity contribution in [3.05, 3.63) is 79.4 Å². The number of rotatable bonds is 6. The summed E-state index contributed by atoms with van der Waals surface area (Å²) in [6.45, 7) is 3.19. The van der Waals surface area contributed by atoms with E-state index in [-0.39, 0.29) is 16.9 Å². The molecule has 0 aliphatic carbocycles. The van der Waals surface area contributed by atoms with Crippen molar-refractivity contribution in [3.63, 3.8) is 0 Å². The van der Waals surface area contributed by atoms with E-state index >= 15 is 0 Å². The standard InChI is InChI=1S/C21H21N3O5/c1-15-5-8-17(14-19(15)23(26)27)21(25)10-7-16-6-9-18(20(13-16)24(28)29)22-11-3-2-4-12-22/h5-10,13-14H,2-4,11-12H2,1H3/b10-7+. The average Bonchev–Trinajstić information content (AvgIpc) is 2.72. The highest BCUT2D eigenvalue weighted by atomic mass is 16.6. The normalized spacial score (nSPS) is 14.2. The first-order valence-corrected chi connectivity index (χ1v) is 9.37. The number of nitro groups is 2. The van der Waals surface area contributed by atoms with Crippen LogP contribution in [0.5, 0.6) is 0 Å². The van der Waals surface area contributed by atoms with E-state index in [9.17, 15) is 25.0 Å². The summed E-state index contributed by atoms with van der Waals surface area (Å²) in [5.41, 5.74) is 1.66. The molecule has 8 nitrogen and oxygen atoms in total. The molecule has 0 unspecified atom stereocenters. The molecular weight excluding hydrogens is 374 g/mol. The first-order chi connectivity index (χ1) is 13.9. The largest absolute Gasteiger partial charge is 0.366 e. The minimum absolute atomic E-state index is 0.00692. The molecule has 1 fully saturated rings. The van der Waals surface area contributed by atoms with Crippen molar-refractivity contribution in [2.75, 3.05) is 18.0 Å². The molecule has 1 saturated heterocycles. The van der Waals surface area contributed by atoms with Gasteiger partial charge in [-0.15, -0.1) is 0 Å². The highest BCUT2D eigenvalue weighted by molar-refractivity contribution is 6.07. The highest BCUT2D eigenvalue weighted by Gasteiger charge is 2.21. The number of aryl methyl sites for hydroxylation is 1. The van der Waals surface area contributed by atoms with Crippen LogP contribution in [0.3, 0.4) is 0 Å². The predicted octanol–water partition coefficient (Wildman–Crippen LogP) is 4.70. The molecule has 1 aliphatic rings. The van der Waals surface area contributed by atoms with Crippen LogP contribution in [0.1, 0.15) is 40.7 Å². The number of anilines is 1. The second kappa shape index (κ2) is 8.64. The molecule has 3 rings (SSSR count). The second-order valence-electron chi connectivity index (χ2n) is 7.01. The van der Waals surface area contributed by atoms with Gasteiger partial charge >= 0.3 is 0 Å². The number of ketones is 1. The van der Waals surface area contributed by atoms with E-state index in [0.29, 0.717) is 16.8 Å². The molecule has 29 heavy (non-hydrogen) atoms. The van der Waals surface area contributed by atoms with Gasteiger partial charge in [0, 0.05) is 36.3 Å². The minimum atomic E-state index is -0.529. The van der Waals surface area contributed by atoms with Crippen LogP contribution in [0.15, 0.2) is 42.5 Å². The zero-order valence-corrected chi connectivity index (χ0v) is 16.0. The lowest BCUT2D eigenvalue weighted by molar-refractivity contribution is -0.385. The van der Waals surface area contributed by atoms with E-state index in [4.69, 9.17) is 0 Å². The van der Waals surface area contributed by atoms with Crippen molar-refractivity contribution < 1.29 is 14.6 Å². The number of hydrogen-bond donors (Lipinski definition) is 0.